The van der Waals surface area contributed by atoms with E-state index in [1.54, 1.807) is 6.08 Å². The van der Waals surface area contributed by atoms with Gasteiger partial charge in [0.05, 0.1) is 0 Å². The van der Waals surface area contributed by atoms with Crippen molar-refractivity contribution < 1.29 is 0 Å². The summed E-state index contributed by atoms with van der Waals surface area (Å²) in [6.07, 6.45) is 1.80. The number of hydrogen-bond acceptors (Lipinski definition) is 4. The van der Waals surface area contributed by atoms with Gasteiger partial charge in [-0.25, -0.2) is 4.98 Å². The minimum Gasteiger partial charge on any atom is -0.351 e. The van der Waals surface area contributed by atoms with Gasteiger partial charge in [-0.05, 0) is 29.9 Å². The highest BCUT2D eigenvalue weighted by atomic mass is 15.1. The lowest BCUT2D eigenvalue weighted by Gasteiger charge is -2.21. The molecule has 0 amide bonds. The van der Waals surface area contributed by atoms with Gasteiger partial charge in [0.1, 0.15) is 5.82 Å². The molecule has 0 aliphatic heterocycles. The van der Waals surface area contributed by atoms with Crippen LogP contribution in [0.2, 0.25) is 0 Å². The Balaban J connectivity index is 2.43. The van der Waals surface area contributed by atoms with Crippen LogP contribution in [0.5, 0.6) is 0 Å². The number of nitrogens with one attached hydrogen (secondary N) is 2. The highest BCUT2D eigenvalue weighted by molar-refractivity contribution is 5.67. The molecule has 24 heavy (non-hydrogen) atoms. The molecule has 0 bridgehead atoms. The van der Waals surface area contributed by atoms with Crippen molar-refractivity contribution in [2.24, 2.45) is 0 Å². The van der Waals surface area contributed by atoms with Crippen LogP contribution in [-0.2, 0) is 0 Å². The second-order valence-electron chi connectivity index (χ2n) is 6.63. The van der Waals surface area contributed by atoms with E-state index in [-0.39, 0.29) is 0 Å². The van der Waals surface area contributed by atoms with Crippen LogP contribution >= 0.6 is 0 Å². The zero-order valence-electron chi connectivity index (χ0n) is 15.4. The summed E-state index contributed by atoms with van der Waals surface area (Å²) in [4.78, 5) is 9.00. The standard InChI is InChI=1S/C20H28N4/c1-7-11-21-20-22-15(6)12-18(24-20)23-19-16(13(2)3)9-8-10-17(19)14(4)5/h7-10,12-14H,1,11H2,2-6H3,(H2,21,22,23,24). The van der Waals surface area contributed by atoms with E-state index in [0.29, 0.717) is 24.3 Å². The van der Waals surface area contributed by atoms with E-state index in [2.05, 4.69) is 73.1 Å². The van der Waals surface area contributed by atoms with Gasteiger partial charge in [0.15, 0.2) is 0 Å². The molecule has 0 aliphatic carbocycles. The molecule has 1 aromatic heterocycles. The van der Waals surface area contributed by atoms with Crippen molar-refractivity contribution in [1.29, 1.82) is 0 Å². The molecule has 0 radical (unpaired) electrons. The number of rotatable bonds is 7. The molecule has 2 aromatic rings. The molecule has 2 rings (SSSR count). The molecular weight excluding hydrogens is 296 g/mol. The van der Waals surface area contributed by atoms with Crippen molar-refractivity contribution in [2.75, 3.05) is 17.2 Å². The number of para-hydroxylation sites is 1. The lowest BCUT2D eigenvalue weighted by atomic mass is 9.92. The van der Waals surface area contributed by atoms with Crippen LogP contribution in [0.3, 0.4) is 0 Å². The number of aromatic nitrogens is 2. The average Bonchev–Trinajstić information content (AvgIpc) is 2.52. The fourth-order valence-corrected chi connectivity index (χ4v) is 2.70. The lowest BCUT2D eigenvalue weighted by Crippen LogP contribution is -2.08. The number of anilines is 3. The third-order valence-electron chi connectivity index (χ3n) is 3.88. The average molecular weight is 324 g/mol. The number of aryl methyl sites for hydroxylation is 1. The van der Waals surface area contributed by atoms with Gasteiger partial charge < -0.3 is 10.6 Å². The summed E-state index contributed by atoms with van der Waals surface area (Å²) in [6, 6.07) is 8.48. The normalized spacial score (nSPS) is 11.0. The topological polar surface area (TPSA) is 49.8 Å². The second kappa shape index (κ2) is 7.95. The van der Waals surface area contributed by atoms with E-state index in [0.717, 1.165) is 17.2 Å². The predicted molar refractivity (Wildman–Crippen MR) is 103 cm³/mol. The first-order valence-corrected chi connectivity index (χ1v) is 8.52. The van der Waals surface area contributed by atoms with Gasteiger partial charge in [0.25, 0.3) is 0 Å². The van der Waals surface area contributed by atoms with Gasteiger partial charge in [-0.1, -0.05) is 52.0 Å². The van der Waals surface area contributed by atoms with Gasteiger partial charge in [-0.2, -0.15) is 4.98 Å². The van der Waals surface area contributed by atoms with E-state index >= 15 is 0 Å². The number of hydrogen-bond donors (Lipinski definition) is 2. The van der Waals surface area contributed by atoms with Crippen LogP contribution in [0.15, 0.2) is 36.9 Å². The lowest BCUT2D eigenvalue weighted by molar-refractivity contribution is 0.838. The van der Waals surface area contributed by atoms with E-state index in [1.165, 1.54) is 11.1 Å². The molecule has 4 nitrogen and oxygen atoms in total. The Morgan fingerprint density at radius 2 is 1.71 bits per heavy atom. The van der Waals surface area contributed by atoms with Crippen molar-refractivity contribution in [2.45, 2.75) is 46.5 Å². The molecule has 2 N–H and O–H groups in total. The summed E-state index contributed by atoms with van der Waals surface area (Å²) in [6.45, 7) is 15.2. The molecule has 1 heterocycles. The van der Waals surface area contributed by atoms with Crippen molar-refractivity contribution in [3.63, 3.8) is 0 Å². The minimum atomic E-state index is 0.437. The van der Waals surface area contributed by atoms with Crippen LogP contribution in [-0.4, -0.2) is 16.5 Å². The first-order valence-electron chi connectivity index (χ1n) is 8.52. The smallest absolute Gasteiger partial charge is 0.225 e. The molecular formula is C20H28N4. The van der Waals surface area contributed by atoms with Crippen molar-refractivity contribution in [3.05, 3.63) is 53.7 Å². The Morgan fingerprint density at radius 3 is 2.25 bits per heavy atom. The summed E-state index contributed by atoms with van der Waals surface area (Å²) in [5.41, 5.74) is 4.69. The molecule has 0 atom stereocenters. The van der Waals surface area contributed by atoms with Gasteiger partial charge in [-0.3, -0.25) is 0 Å². The van der Waals surface area contributed by atoms with Crippen LogP contribution < -0.4 is 10.6 Å². The maximum Gasteiger partial charge on any atom is 0.225 e. The molecule has 0 saturated carbocycles. The molecule has 0 spiro atoms. The van der Waals surface area contributed by atoms with E-state index in [4.69, 9.17) is 0 Å². The van der Waals surface area contributed by atoms with Crippen LogP contribution in [0, 0.1) is 6.92 Å². The zero-order chi connectivity index (χ0) is 17.7. The minimum absolute atomic E-state index is 0.437. The van der Waals surface area contributed by atoms with Crippen LogP contribution in [0.1, 0.15) is 56.4 Å². The van der Waals surface area contributed by atoms with E-state index < -0.39 is 0 Å². The van der Waals surface area contributed by atoms with Crippen LogP contribution in [0.25, 0.3) is 0 Å². The molecule has 1 aromatic carbocycles. The molecule has 0 saturated heterocycles. The molecule has 0 unspecified atom stereocenters. The Bertz CT molecular complexity index is 679. The van der Waals surface area contributed by atoms with Gasteiger partial charge >= 0.3 is 0 Å². The maximum atomic E-state index is 4.59. The Morgan fingerprint density at radius 1 is 1.08 bits per heavy atom. The second-order valence-corrected chi connectivity index (χ2v) is 6.63. The van der Waals surface area contributed by atoms with Crippen LogP contribution in [0.4, 0.5) is 17.5 Å². The Hall–Kier alpha value is -2.36. The van der Waals surface area contributed by atoms with Gasteiger partial charge in [0, 0.05) is 24.0 Å². The van der Waals surface area contributed by atoms with Crippen molar-refractivity contribution in [3.8, 4) is 0 Å². The van der Waals surface area contributed by atoms with Crippen molar-refractivity contribution >= 4 is 17.5 Å². The first-order chi connectivity index (χ1) is 11.4. The van der Waals surface area contributed by atoms with Gasteiger partial charge in [0.2, 0.25) is 5.95 Å². The molecule has 0 fully saturated rings. The third kappa shape index (κ3) is 4.34. The third-order valence-corrected chi connectivity index (χ3v) is 3.88. The molecule has 4 heteroatoms. The summed E-state index contributed by atoms with van der Waals surface area (Å²) >= 11 is 0. The molecule has 0 aliphatic rings. The summed E-state index contributed by atoms with van der Waals surface area (Å²) in [5.74, 6) is 2.30. The summed E-state index contributed by atoms with van der Waals surface area (Å²) < 4.78 is 0. The summed E-state index contributed by atoms with van der Waals surface area (Å²) in [7, 11) is 0. The number of benzene rings is 1. The van der Waals surface area contributed by atoms with Gasteiger partial charge in [-0.15, -0.1) is 6.58 Å². The first kappa shape index (κ1) is 18.0. The number of nitrogens with zero attached hydrogens (tertiary/aromatic N) is 2. The largest absolute Gasteiger partial charge is 0.351 e. The predicted octanol–water partition coefficient (Wildman–Crippen LogP) is 5.37. The fourth-order valence-electron chi connectivity index (χ4n) is 2.70. The molecule has 128 valence electrons. The Labute approximate surface area is 145 Å². The SMILES string of the molecule is C=CCNc1nc(C)cc(Nc2c(C(C)C)cccc2C(C)C)n1. The highest BCUT2D eigenvalue weighted by Crippen LogP contribution is 2.34. The quantitative estimate of drug-likeness (QED) is 0.672. The van der Waals surface area contributed by atoms with E-state index in [1.807, 2.05) is 13.0 Å². The Kier molecular flexibility index (Phi) is 5.96. The highest BCUT2D eigenvalue weighted by Gasteiger charge is 2.14. The maximum absolute atomic E-state index is 4.59. The summed E-state index contributed by atoms with van der Waals surface area (Å²) in [5, 5.41) is 6.70. The van der Waals surface area contributed by atoms with E-state index in [9.17, 15) is 0 Å². The monoisotopic (exact) mass is 324 g/mol. The fraction of sp³-hybridized carbons (Fsp3) is 0.400. The zero-order valence-corrected chi connectivity index (χ0v) is 15.4. The van der Waals surface area contributed by atoms with Crippen molar-refractivity contribution in [1.82, 2.24) is 9.97 Å².